The molecule has 0 amide bonds. The van der Waals surface area contributed by atoms with E-state index in [0.717, 1.165) is 26.1 Å². The summed E-state index contributed by atoms with van der Waals surface area (Å²) in [6.45, 7) is 6.10. The summed E-state index contributed by atoms with van der Waals surface area (Å²) in [6.07, 6.45) is 19.9. The molecule has 0 fully saturated rings. The van der Waals surface area contributed by atoms with Gasteiger partial charge >= 0.3 is 8.56 Å². The summed E-state index contributed by atoms with van der Waals surface area (Å²) < 4.78 is 13.3. The van der Waals surface area contributed by atoms with Crippen LogP contribution in [0.5, 0.6) is 0 Å². The zero-order valence-corrected chi connectivity index (χ0v) is 16.4. The van der Waals surface area contributed by atoms with E-state index in [1.807, 2.05) is 0 Å². The van der Waals surface area contributed by atoms with Gasteiger partial charge in [-0.3, -0.25) is 0 Å². The fourth-order valence-electron chi connectivity index (χ4n) is 3.74. The molecular weight excluding hydrogens is 300 g/mol. The van der Waals surface area contributed by atoms with Crippen LogP contribution in [-0.4, -0.2) is 21.8 Å². The van der Waals surface area contributed by atoms with Gasteiger partial charge in [0, 0.05) is 13.2 Å². The average molecular weight is 337 g/mol. The maximum atomic E-state index is 6.65. The topological polar surface area (TPSA) is 18.5 Å². The Labute approximate surface area is 144 Å². The highest BCUT2D eigenvalue weighted by atomic mass is 28.4. The van der Waals surface area contributed by atoms with E-state index in [0.29, 0.717) is 0 Å². The van der Waals surface area contributed by atoms with Crippen molar-refractivity contribution in [3.63, 3.8) is 0 Å². The van der Waals surface area contributed by atoms with Crippen LogP contribution in [0.1, 0.15) is 90.9 Å². The van der Waals surface area contributed by atoms with Crippen LogP contribution in [0.3, 0.4) is 0 Å². The minimum Gasteiger partial charge on any atom is -0.388 e. The molecule has 0 aromatic carbocycles. The van der Waals surface area contributed by atoms with Crippen LogP contribution < -0.4 is 0 Å². The minimum atomic E-state index is -2.38. The van der Waals surface area contributed by atoms with Crippen molar-refractivity contribution >= 4 is 8.56 Å². The molecule has 0 saturated heterocycles. The van der Waals surface area contributed by atoms with E-state index in [2.05, 4.69) is 26.0 Å². The summed E-state index contributed by atoms with van der Waals surface area (Å²) in [4.78, 5) is 0. The third-order valence-corrected chi connectivity index (χ3v) is 8.77. The Morgan fingerprint density at radius 3 is 1.65 bits per heavy atom. The molecule has 0 saturated carbocycles. The Balaban J connectivity index is 2.34. The molecular formula is C20H36O2Si. The monoisotopic (exact) mass is 336 g/mol. The molecule has 0 unspecified atom stereocenters. The van der Waals surface area contributed by atoms with E-state index in [4.69, 9.17) is 8.85 Å². The lowest BCUT2D eigenvalue weighted by molar-refractivity contribution is 0.181. The van der Waals surface area contributed by atoms with Crippen LogP contribution in [0.4, 0.5) is 0 Å². The van der Waals surface area contributed by atoms with Crippen LogP contribution >= 0.6 is 0 Å². The summed E-state index contributed by atoms with van der Waals surface area (Å²) in [5, 5.41) is 3.09. The largest absolute Gasteiger partial charge is 0.398 e. The van der Waals surface area contributed by atoms with Gasteiger partial charge in [-0.05, 0) is 74.6 Å². The first-order chi connectivity index (χ1) is 11.3. The van der Waals surface area contributed by atoms with E-state index in [-0.39, 0.29) is 0 Å². The molecule has 0 heterocycles. The highest BCUT2D eigenvalue weighted by molar-refractivity contribution is 6.81. The zero-order chi connectivity index (χ0) is 16.4. The van der Waals surface area contributed by atoms with Gasteiger partial charge in [0.05, 0.1) is 0 Å². The molecule has 2 aliphatic rings. The van der Waals surface area contributed by atoms with Crippen molar-refractivity contribution in [3.05, 3.63) is 22.5 Å². The Hall–Kier alpha value is -0.383. The van der Waals surface area contributed by atoms with Gasteiger partial charge in [0.25, 0.3) is 0 Å². The van der Waals surface area contributed by atoms with Crippen LogP contribution in [-0.2, 0) is 8.85 Å². The van der Waals surface area contributed by atoms with Crippen LogP contribution in [0, 0.1) is 0 Å². The molecule has 23 heavy (non-hydrogen) atoms. The molecule has 0 N–H and O–H groups in total. The normalized spacial score (nSPS) is 20.4. The molecule has 0 spiro atoms. The average Bonchev–Trinajstić information content (AvgIpc) is 3.01. The summed E-state index contributed by atoms with van der Waals surface area (Å²) in [7, 11) is -2.38. The Morgan fingerprint density at radius 1 is 0.739 bits per heavy atom. The van der Waals surface area contributed by atoms with E-state index in [1.54, 1.807) is 10.4 Å². The van der Waals surface area contributed by atoms with Gasteiger partial charge in [-0.25, -0.2) is 0 Å². The van der Waals surface area contributed by atoms with E-state index < -0.39 is 8.56 Å². The molecule has 0 atom stereocenters. The second-order valence-corrected chi connectivity index (χ2v) is 10.1. The fourth-order valence-corrected chi connectivity index (χ4v) is 7.80. The van der Waals surface area contributed by atoms with Crippen molar-refractivity contribution in [1.29, 1.82) is 0 Å². The van der Waals surface area contributed by atoms with Crippen LogP contribution in [0.2, 0.25) is 0 Å². The standard InChI is InChI=1S/C20H36O2Si/c1-3-17-21-23(22-18-4-2,19-13-9-5-6-10-14-19)20-15-11-7-8-12-16-20/h13,15H,3-12,14,16-18H2,1-2H3. The quantitative estimate of drug-likeness (QED) is 0.495. The molecule has 0 aliphatic heterocycles. The first-order valence-corrected chi connectivity index (χ1v) is 11.8. The third kappa shape index (κ3) is 5.30. The summed E-state index contributed by atoms with van der Waals surface area (Å²) in [5.74, 6) is 0. The molecule has 3 heteroatoms. The highest BCUT2D eigenvalue weighted by Crippen LogP contribution is 2.37. The van der Waals surface area contributed by atoms with Gasteiger partial charge in [0.15, 0.2) is 0 Å². The molecule has 132 valence electrons. The van der Waals surface area contributed by atoms with Crippen molar-refractivity contribution in [2.75, 3.05) is 13.2 Å². The van der Waals surface area contributed by atoms with Crippen molar-refractivity contribution in [3.8, 4) is 0 Å². The number of hydrogen-bond donors (Lipinski definition) is 0. The van der Waals surface area contributed by atoms with Crippen molar-refractivity contribution in [1.82, 2.24) is 0 Å². The number of hydrogen-bond acceptors (Lipinski definition) is 2. The maximum absolute atomic E-state index is 6.65. The first kappa shape index (κ1) is 18.9. The molecule has 0 aromatic heterocycles. The Morgan fingerprint density at radius 2 is 1.22 bits per heavy atom. The Bertz CT molecular complexity index is 362. The maximum Gasteiger partial charge on any atom is 0.398 e. The van der Waals surface area contributed by atoms with Gasteiger partial charge in [-0.1, -0.05) is 38.8 Å². The molecule has 2 nitrogen and oxygen atoms in total. The van der Waals surface area contributed by atoms with Gasteiger partial charge < -0.3 is 8.85 Å². The van der Waals surface area contributed by atoms with Gasteiger partial charge in [-0.15, -0.1) is 0 Å². The molecule has 0 aromatic rings. The molecule has 0 bridgehead atoms. The van der Waals surface area contributed by atoms with E-state index in [1.165, 1.54) is 64.2 Å². The Kier molecular flexibility index (Phi) is 8.63. The SMILES string of the molecule is CCCO[Si](OCCC)(C1=CCCCCC1)C1=CCCCCC1. The second kappa shape index (κ2) is 10.5. The third-order valence-electron chi connectivity index (χ3n) is 4.95. The number of allylic oxidation sites excluding steroid dienone is 4. The minimum absolute atomic E-state index is 0.838. The van der Waals surface area contributed by atoms with Gasteiger partial charge in [-0.2, -0.15) is 0 Å². The fraction of sp³-hybridized carbons (Fsp3) is 0.800. The van der Waals surface area contributed by atoms with Crippen LogP contribution in [0.15, 0.2) is 22.5 Å². The van der Waals surface area contributed by atoms with Crippen molar-refractivity contribution in [2.45, 2.75) is 90.9 Å². The lowest BCUT2D eigenvalue weighted by Crippen LogP contribution is -2.48. The summed E-state index contributed by atoms with van der Waals surface area (Å²) in [5.41, 5.74) is 0. The zero-order valence-electron chi connectivity index (χ0n) is 15.4. The van der Waals surface area contributed by atoms with E-state index in [9.17, 15) is 0 Å². The van der Waals surface area contributed by atoms with Crippen LogP contribution in [0.25, 0.3) is 0 Å². The molecule has 2 rings (SSSR count). The van der Waals surface area contributed by atoms with Gasteiger partial charge in [0.2, 0.25) is 0 Å². The predicted molar refractivity (Wildman–Crippen MR) is 101 cm³/mol. The van der Waals surface area contributed by atoms with Crippen molar-refractivity contribution in [2.24, 2.45) is 0 Å². The summed E-state index contributed by atoms with van der Waals surface area (Å²) >= 11 is 0. The predicted octanol–water partition coefficient (Wildman–Crippen LogP) is 6.14. The van der Waals surface area contributed by atoms with Gasteiger partial charge in [0.1, 0.15) is 0 Å². The smallest absolute Gasteiger partial charge is 0.388 e. The lowest BCUT2D eigenvalue weighted by Gasteiger charge is -2.35. The first-order valence-electron chi connectivity index (χ1n) is 10.0. The highest BCUT2D eigenvalue weighted by Gasteiger charge is 2.45. The lowest BCUT2D eigenvalue weighted by atomic mass is 10.2. The van der Waals surface area contributed by atoms with E-state index >= 15 is 0 Å². The summed E-state index contributed by atoms with van der Waals surface area (Å²) in [6, 6.07) is 0. The molecule has 2 aliphatic carbocycles. The second-order valence-electron chi connectivity index (χ2n) is 6.97. The number of rotatable bonds is 8. The molecule has 0 radical (unpaired) electrons. The van der Waals surface area contributed by atoms with Crippen molar-refractivity contribution < 1.29 is 8.85 Å².